The SMILES string of the molecule is CCN(CC)c1ccc2cc(-n3cc(-c4ccc(N5CCOc6cc(C)ccc6N6CC67COCCOCC6(COCCOC7)CN6c6ccc(C)cc6OCC5)c(OCCOC)c4)nn3)c(=O)oc2c1. The van der Waals surface area contributed by atoms with Gasteiger partial charge in [0.25, 0.3) is 0 Å². The van der Waals surface area contributed by atoms with E-state index in [1.165, 1.54) is 4.68 Å². The van der Waals surface area contributed by atoms with Gasteiger partial charge in [0.05, 0.1) is 95.8 Å². The minimum absolute atomic E-state index is 0.258. The first-order chi connectivity index (χ1) is 34.7. The van der Waals surface area contributed by atoms with Crippen molar-refractivity contribution in [2.75, 3.05) is 145 Å². The van der Waals surface area contributed by atoms with Crippen molar-refractivity contribution in [2.45, 2.75) is 38.8 Å². The van der Waals surface area contributed by atoms with Crippen molar-refractivity contribution >= 4 is 33.7 Å². The molecule has 376 valence electrons. The van der Waals surface area contributed by atoms with Crippen LogP contribution in [0.1, 0.15) is 25.0 Å². The van der Waals surface area contributed by atoms with Gasteiger partial charge >= 0.3 is 5.63 Å². The summed E-state index contributed by atoms with van der Waals surface area (Å²) in [5, 5.41) is 9.69. The van der Waals surface area contributed by atoms with E-state index in [0.717, 1.165) is 82.5 Å². The van der Waals surface area contributed by atoms with E-state index in [1.54, 1.807) is 19.4 Å². The van der Waals surface area contributed by atoms with E-state index in [2.05, 4.69) is 94.0 Å². The van der Waals surface area contributed by atoms with Crippen LogP contribution in [0, 0.1) is 13.8 Å². The molecule has 2 spiro atoms. The average molecular weight is 972 g/mol. The van der Waals surface area contributed by atoms with Crippen molar-refractivity contribution in [3.63, 3.8) is 0 Å². The van der Waals surface area contributed by atoms with Crippen LogP contribution in [0.2, 0.25) is 0 Å². The second kappa shape index (κ2) is 21.2. The smallest absolute Gasteiger partial charge is 0.362 e. The zero-order valence-electron chi connectivity index (χ0n) is 41.5. The largest absolute Gasteiger partial charge is 0.490 e. The van der Waals surface area contributed by atoms with Crippen LogP contribution < -0.4 is 39.4 Å². The summed E-state index contributed by atoms with van der Waals surface area (Å²) in [7, 11) is 1.65. The fourth-order valence-corrected chi connectivity index (χ4v) is 9.70. The van der Waals surface area contributed by atoms with Crippen molar-refractivity contribution < 1.29 is 42.3 Å². The predicted molar refractivity (Wildman–Crippen MR) is 273 cm³/mol. The monoisotopic (exact) mass is 971 g/mol. The van der Waals surface area contributed by atoms with Gasteiger partial charge in [-0.25, -0.2) is 9.48 Å². The van der Waals surface area contributed by atoms with Crippen LogP contribution >= 0.6 is 0 Å². The molecule has 0 N–H and O–H groups in total. The van der Waals surface area contributed by atoms with E-state index >= 15 is 0 Å². The lowest BCUT2D eigenvalue weighted by atomic mass is 10.1. The summed E-state index contributed by atoms with van der Waals surface area (Å²) in [6, 6.07) is 26.4. The van der Waals surface area contributed by atoms with Crippen LogP contribution in [-0.2, 0) is 23.7 Å². The summed E-state index contributed by atoms with van der Waals surface area (Å²) < 4.78 is 58.1. The van der Waals surface area contributed by atoms with E-state index < -0.39 is 5.63 Å². The molecule has 0 radical (unpaired) electrons. The van der Waals surface area contributed by atoms with E-state index in [9.17, 15) is 4.79 Å². The standard InChI is InChI=1S/C54H65N7O10/c1-6-57(7-2)42-12-10-41-28-47(52(62)71-48(41)30-42)61-31-43(55-56-61)40-11-15-44(51(29-40)70-25-20-63-5)58-16-18-68-49-26-38(3)8-13-45(49)59-32-53(59)34-64-21-23-66-36-54(37-67-24-22-65-35-53)33-60(54)46-14-9-39(4)27-50(46)69-19-17-58/h8-15,26-31H,6-7,16-25,32-37H2,1-5H3. The van der Waals surface area contributed by atoms with Gasteiger partial charge in [0.1, 0.15) is 59.4 Å². The first-order valence-electron chi connectivity index (χ1n) is 24.8. The molecule has 0 saturated carbocycles. The Balaban J connectivity index is 0.970. The van der Waals surface area contributed by atoms with Gasteiger partial charge in [-0.2, -0.15) is 0 Å². The second-order valence-corrected chi connectivity index (χ2v) is 18.8. The Hall–Kier alpha value is -6.37. The van der Waals surface area contributed by atoms with Gasteiger partial charge in [0.2, 0.25) is 0 Å². The normalized spacial score (nSPS) is 20.9. The maximum Gasteiger partial charge on any atom is 0.362 e. The van der Waals surface area contributed by atoms with Crippen LogP contribution in [0.25, 0.3) is 27.9 Å². The van der Waals surface area contributed by atoms with Gasteiger partial charge < -0.3 is 61.9 Å². The lowest BCUT2D eigenvalue weighted by molar-refractivity contribution is -0.0163. The molecule has 2 bridgehead atoms. The number of methoxy groups -OCH3 is 1. The highest BCUT2D eigenvalue weighted by molar-refractivity contribution is 5.82. The van der Waals surface area contributed by atoms with Gasteiger partial charge in [0, 0.05) is 56.0 Å². The molecule has 71 heavy (non-hydrogen) atoms. The van der Waals surface area contributed by atoms with E-state index in [-0.39, 0.29) is 16.8 Å². The minimum atomic E-state index is -0.511. The molecule has 3 saturated heterocycles. The Morgan fingerprint density at radius 3 is 1.83 bits per heavy atom. The number of aryl methyl sites for hydroxylation is 2. The Bertz CT molecular complexity index is 2760. The van der Waals surface area contributed by atoms with Crippen LogP contribution in [-0.4, -0.2) is 152 Å². The third kappa shape index (κ3) is 10.5. The minimum Gasteiger partial charge on any atom is -0.490 e. The maximum absolute atomic E-state index is 13.4. The van der Waals surface area contributed by atoms with Crippen molar-refractivity contribution in [3.8, 4) is 34.2 Å². The zero-order chi connectivity index (χ0) is 49.0. The Labute approximate surface area is 414 Å². The molecule has 0 aliphatic carbocycles. The molecule has 5 aliphatic rings. The van der Waals surface area contributed by atoms with E-state index in [1.807, 2.05) is 36.4 Å². The Morgan fingerprint density at radius 1 is 0.662 bits per heavy atom. The third-order valence-electron chi connectivity index (χ3n) is 13.8. The highest BCUT2D eigenvalue weighted by Gasteiger charge is 2.55. The molecule has 0 unspecified atom stereocenters. The molecule has 2 aromatic heterocycles. The molecular formula is C54H65N7O10. The van der Waals surface area contributed by atoms with Gasteiger partial charge in [-0.15, -0.1) is 5.10 Å². The summed E-state index contributed by atoms with van der Waals surface area (Å²) in [4.78, 5) is 22.5. The Morgan fingerprint density at radius 2 is 1.25 bits per heavy atom. The second-order valence-electron chi connectivity index (χ2n) is 18.8. The van der Waals surface area contributed by atoms with Crippen molar-refractivity contribution in [1.29, 1.82) is 0 Å². The number of ether oxygens (including phenoxy) is 8. The number of hydrogen-bond acceptors (Lipinski definition) is 16. The number of anilines is 4. The summed E-state index contributed by atoms with van der Waals surface area (Å²) in [5.41, 5.74) is 6.89. The lowest BCUT2D eigenvalue weighted by Crippen LogP contribution is -2.35. The molecule has 17 nitrogen and oxygen atoms in total. The number of hydrogen-bond donors (Lipinski definition) is 0. The predicted octanol–water partition coefficient (Wildman–Crippen LogP) is 6.70. The van der Waals surface area contributed by atoms with Crippen LogP contribution in [0.4, 0.5) is 22.7 Å². The molecule has 17 heteroatoms. The Kier molecular flexibility index (Phi) is 14.4. The first-order valence-corrected chi connectivity index (χ1v) is 24.8. The summed E-state index contributed by atoms with van der Waals surface area (Å²) in [6.07, 6.45) is 1.73. The fraction of sp³-hybridized carbons (Fsp3) is 0.463. The first kappa shape index (κ1) is 48.3. The summed E-state index contributed by atoms with van der Waals surface area (Å²) in [5.74, 6) is 2.20. The number of benzene rings is 4. The van der Waals surface area contributed by atoms with Crippen LogP contribution in [0.3, 0.4) is 0 Å². The highest BCUT2D eigenvalue weighted by Crippen LogP contribution is 2.46. The number of rotatable bonds is 10. The molecule has 0 amide bonds. The number of nitrogens with zero attached hydrogens (tertiary/aromatic N) is 7. The zero-order valence-corrected chi connectivity index (χ0v) is 41.5. The highest BCUT2D eigenvalue weighted by atomic mass is 16.5. The fourth-order valence-electron chi connectivity index (χ4n) is 9.70. The molecule has 11 rings (SSSR count). The van der Waals surface area contributed by atoms with Gasteiger partial charge in [-0.3, -0.25) is 0 Å². The molecule has 6 aromatic rings. The van der Waals surface area contributed by atoms with E-state index in [0.29, 0.717) is 109 Å². The van der Waals surface area contributed by atoms with Crippen molar-refractivity contribution in [1.82, 2.24) is 15.0 Å². The van der Waals surface area contributed by atoms with Crippen LogP contribution in [0.5, 0.6) is 17.2 Å². The van der Waals surface area contributed by atoms with Gasteiger partial charge in [0.15, 0.2) is 5.69 Å². The number of aromatic nitrogens is 3. The molecule has 0 atom stereocenters. The topological polar surface area (TPSA) is 147 Å². The molecular weight excluding hydrogens is 907 g/mol. The molecule has 3 fully saturated rings. The lowest BCUT2D eigenvalue weighted by Gasteiger charge is -2.28. The summed E-state index contributed by atoms with van der Waals surface area (Å²) >= 11 is 0. The molecule has 4 aromatic carbocycles. The quantitative estimate of drug-likeness (QED) is 0.0620. The molecule has 5 aliphatic heterocycles. The van der Waals surface area contributed by atoms with E-state index in [4.69, 9.17) is 42.3 Å². The van der Waals surface area contributed by atoms with Gasteiger partial charge in [-0.1, -0.05) is 23.4 Å². The molecule has 7 heterocycles. The van der Waals surface area contributed by atoms with Gasteiger partial charge in [-0.05, 0) is 93.4 Å². The third-order valence-corrected chi connectivity index (χ3v) is 13.8. The number of fused-ring (bicyclic) bond motifs is 17. The van der Waals surface area contributed by atoms with Crippen LogP contribution in [0.15, 0.2) is 94.3 Å². The van der Waals surface area contributed by atoms with Crippen molar-refractivity contribution in [3.05, 3.63) is 107 Å². The summed E-state index contributed by atoms with van der Waals surface area (Å²) in [6.45, 7) is 17.9. The average Bonchev–Trinajstić information content (AvgIpc) is 4.20. The maximum atomic E-state index is 13.4. The van der Waals surface area contributed by atoms with Crippen molar-refractivity contribution in [2.24, 2.45) is 0 Å².